The second kappa shape index (κ2) is 6.38. The fourth-order valence-electron chi connectivity index (χ4n) is 0.855. The maximum Gasteiger partial charge on any atom is 0.0165 e. The molecule has 0 aliphatic heterocycles. The van der Waals surface area contributed by atoms with Crippen LogP contribution in [0.1, 0.15) is 20.3 Å². The molecule has 1 nitrogen and oxygen atoms in total. The Hall–Kier alpha value is 0.660. The molecule has 0 spiro atoms. The molecule has 62 valence electrons. The topological polar surface area (TPSA) is 12.0 Å². The third-order valence-corrected chi connectivity index (χ3v) is 1.97. The fraction of sp³-hybridized carbons (Fsp3) is 1.00. The zero-order chi connectivity index (χ0) is 7.98. The van der Waals surface area contributed by atoms with Crippen LogP contribution in [0.2, 0.25) is 0 Å². The lowest BCUT2D eigenvalue weighted by Crippen LogP contribution is -2.36. The van der Waals surface area contributed by atoms with Crippen molar-refractivity contribution in [3.05, 3.63) is 0 Å². The molecular formula is C7H17NS2. The zero-order valence-corrected chi connectivity index (χ0v) is 8.46. The van der Waals surface area contributed by atoms with Crippen molar-refractivity contribution in [3.63, 3.8) is 0 Å². The van der Waals surface area contributed by atoms with E-state index in [-0.39, 0.29) is 0 Å². The first-order chi connectivity index (χ1) is 4.70. The lowest BCUT2D eigenvalue weighted by molar-refractivity contribution is 0.488. The summed E-state index contributed by atoms with van der Waals surface area (Å²) in [4.78, 5) is 0. The molecule has 0 rings (SSSR count). The van der Waals surface area contributed by atoms with Crippen molar-refractivity contribution in [1.29, 1.82) is 0 Å². The molecule has 3 heteroatoms. The van der Waals surface area contributed by atoms with Crippen LogP contribution in [0.5, 0.6) is 0 Å². The van der Waals surface area contributed by atoms with Crippen LogP contribution in [0.4, 0.5) is 0 Å². The van der Waals surface area contributed by atoms with Crippen LogP contribution in [0.15, 0.2) is 0 Å². The van der Waals surface area contributed by atoms with E-state index >= 15 is 0 Å². The first kappa shape index (κ1) is 10.7. The summed E-state index contributed by atoms with van der Waals surface area (Å²) in [5, 5.41) is 3.41. The van der Waals surface area contributed by atoms with E-state index in [1.54, 1.807) is 0 Å². The van der Waals surface area contributed by atoms with Gasteiger partial charge in [0, 0.05) is 17.8 Å². The van der Waals surface area contributed by atoms with Gasteiger partial charge in [-0.3, -0.25) is 0 Å². The van der Waals surface area contributed by atoms with Crippen molar-refractivity contribution in [2.45, 2.75) is 32.4 Å². The van der Waals surface area contributed by atoms with Gasteiger partial charge in [0.2, 0.25) is 0 Å². The molecule has 0 amide bonds. The highest BCUT2D eigenvalue weighted by Gasteiger charge is 2.05. The molecule has 0 radical (unpaired) electrons. The van der Waals surface area contributed by atoms with Gasteiger partial charge in [-0.1, -0.05) is 13.8 Å². The van der Waals surface area contributed by atoms with Gasteiger partial charge in [-0.05, 0) is 12.2 Å². The van der Waals surface area contributed by atoms with Crippen molar-refractivity contribution in [3.8, 4) is 0 Å². The molecule has 0 saturated heterocycles. The Balaban J connectivity index is 3.39. The lowest BCUT2D eigenvalue weighted by Gasteiger charge is -2.17. The molecular weight excluding hydrogens is 162 g/mol. The highest BCUT2D eigenvalue weighted by molar-refractivity contribution is 7.80. The first-order valence-corrected chi connectivity index (χ1v) is 4.95. The second-order valence-electron chi connectivity index (χ2n) is 2.71. The van der Waals surface area contributed by atoms with Gasteiger partial charge in [0.15, 0.2) is 0 Å². The van der Waals surface area contributed by atoms with Crippen LogP contribution in [0, 0.1) is 0 Å². The number of thiol groups is 2. The molecule has 1 atom stereocenters. The molecule has 10 heavy (non-hydrogen) atoms. The largest absolute Gasteiger partial charge is 0.311 e. The normalized spacial score (nSPS) is 14.1. The van der Waals surface area contributed by atoms with Crippen molar-refractivity contribution in [2.75, 3.05) is 11.5 Å². The van der Waals surface area contributed by atoms with Crippen LogP contribution in [0.3, 0.4) is 0 Å². The summed E-state index contributed by atoms with van der Waals surface area (Å²) in [7, 11) is 0. The van der Waals surface area contributed by atoms with E-state index < -0.39 is 0 Å². The van der Waals surface area contributed by atoms with E-state index in [9.17, 15) is 0 Å². The number of rotatable bonds is 5. The van der Waals surface area contributed by atoms with E-state index in [1.165, 1.54) is 0 Å². The molecule has 0 heterocycles. The fourth-order valence-corrected chi connectivity index (χ4v) is 1.45. The Morgan fingerprint density at radius 1 is 1.30 bits per heavy atom. The Bertz CT molecular complexity index is 76.0. The molecule has 0 aromatic heterocycles. The van der Waals surface area contributed by atoms with Gasteiger partial charge in [0.25, 0.3) is 0 Å². The Morgan fingerprint density at radius 2 is 1.90 bits per heavy atom. The average Bonchev–Trinajstić information content (AvgIpc) is 1.86. The van der Waals surface area contributed by atoms with Gasteiger partial charge in [-0.25, -0.2) is 0 Å². The molecule has 1 unspecified atom stereocenters. The maximum atomic E-state index is 4.23. The Morgan fingerprint density at radius 3 is 2.20 bits per heavy atom. The van der Waals surface area contributed by atoms with Gasteiger partial charge in [0.05, 0.1) is 0 Å². The molecule has 0 aromatic rings. The molecule has 0 aliphatic rings. The van der Waals surface area contributed by atoms with Crippen LogP contribution < -0.4 is 5.32 Å². The van der Waals surface area contributed by atoms with E-state index in [2.05, 4.69) is 44.4 Å². The van der Waals surface area contributed by atoms with Crippen molar-refractivity contribution in [2.24, 2.45) is 0 Å². The predicted molar refractivity (Wildman–Crippen MR) is 54.4 cm³/mol. The van der Waals surface area contributed by atoms with Gasteiger partial charge >= 0.3 is 0 Å². The quantitative estimate of drug-likeness (QED) is 0.545. The smallest absolute Gasteiger partial charge is 0.0165 e. The maximum absolute atomic E-state index is 4.23. The molecule has 0 fully saturated rings. The molecule has 0 saturated carbocycles. The van der Waals surface area contributed by atoms with Crippen LogP contribution in [-0.2, 0) is 0 Å². The summed E-state index contributed by atoms with van der Waals surface area (Å²) in [6.07, 6.45) is 1.10. The summed E-state index contributed by atoms with van der Waals surface area (Å²) in [6, 6.07) is 1.08. The van der Waals surface area contributed by atoms with E-state index in [0.29, 0.717) is 12.1 Å². The number of nitrogens with one attached hydrogen (secondary N) is 1. The van der Waals surface area contributed by atoms with Crippen molar-refractivity contribution >= 4 is 25.3 Å². The molecule has 0 aromatic carbocycles. The SMILES string of the molecule is CC(C)NC(CS)CCS. The summed E-state index contributed by atoms with van der Waals surface area (Å²) >= 11 is 8.39. The molecule has 0 bridgehead atoms. The Labute approximate surface area is 74.8 Å². The third-order valence-electron chi connectivity index (χ3n) is 1.27. The first-order valence-electron chi connectivity index (χ1n) is 3.68. The predicted octanol–water partition coefficient (Wildman–Crippen LogP) is 1.60. The minimum Gasteiger partial charge on any atom is -0.311 e. The summed E-state index contributed by atoms with van der Waals surface area (Å²) in [5.74, 6) is 1.84. The highest BCUT2D eigenvalue weighted by atomic mass is 32.1. The van der Waals surface area contributed by atoms with Gasteiger partial charge in [-0.15, -0.1) is 0 Å². The van der Waals surface area contributed by atoms with Crippen LogP contribution in [0.25, 0.3) is 0 Å². The van der Waals surface area contributed by atoms with E-state index in [4.69, 9.17) is 0 Å². The summed E-state index contributed by atoms with van der Waals surface area (Å²) in [6.45, 7) is 4.30. The number of hydrogen-bond donors (Lipinski definition) is 3. The summed E-state index contributed by atoms with van der Waals surface area (Å²) in [5.41, 5.74) is 0. The van der Waals surface area contributed by atoms with Crippen molar-refractivity contribution < 1.29 is 0 Å². The third kappa shape index (κ3) is 5.45. The zero-order valence-electron chi connectivity index (χ0n) is 6.67. The van der Waals surface area contributed by atoms with E-state index in [1.807, 2.05) is 0 Å². The monoisotopic (exact) mass is 179 g/mol. The van der Waals surface area contributed by atoms with Gasteiger partial charge in [-0.2, -0.15) is 25.3 Å². The average molecular weight is 179 g/mol. The van der Waals surface area contributed by atoms with Gasteiger partial charge in [0.1, 0.15) is 0 Å². The summed E-state index contributed by atoms with van der Waals surface area (Å²) < 4.78 is 0. The standard InChI is InChI=1S/C7H17NS2/c1-6(2)8-7(5-10)3-4-9/h6-10H,3-5H2,1-2H3. The minimum absolute atomic E-state index is 0.529. The van der Waals surface area contributed by atoms with Crippen LogP contribution in [-0.4, -0.2) is 23.6 Å². The lowest BCUT2D eigenvalue weighted by atomic mass is 10.2. The van der Waals surface area contributed by atoms with Gasteiger partial charge < -0.3 is 5.32 Å². The van der Waals surface area contributed by atoms with Crippen LogP contribution >= 0.6 is 25.3 Å². The Kier molecular flexibility index (Phi) is 6.80. The number of hydrogen-bond acceptors (Lipinski definition) is 3. The highest BCUT2D eigenvalue weighted by Crippen LogP contribution is 1.97. The molecule has 1 N–H and O–H groups in total. The second-order valence-corrected chi connectivity index (χ2v) is 3.53. The van der Waals surface area contributed by atoms with Crippen molar-refractivity contribution in [1.82, 2.24) is 5.32 Å². The molecule has 0 aliphatic carbocycles. The minimum atomic E-state index is 0.529. The van der Waals surface area contributed by atoms with E-state index in [0.717, 1.165) is 17.9 Å².